The van der Waals surface area contributed by atoms with Crippen molar-refractivity contribution in [2.75, 3.05) is 19.6 Å². The Morgan fingerprint density at radius 3 is 3.12 bits per heavy atom. The predicted molar refractivity (Wildman–Crippen MR) is 64.1 cm³/mol. The zero-order valence-corrected chi connectivity index (χ0v) is 9.95. The summed E-state index contributed by atoms with van der Waals surface area (Å²) in [6.45, 7) is 4.35. The Balaban J connectivity index is 1.96. The highest BCUT2D eigenvalue weighted by Crippen LogP contribution is 2.07. The van der Waals surface area contributed by atoms with Crippen LogP contribution in [-0.2, 0) is 11.2 Å². The first-order valence-corrected chi connectivity index (χ1v) is 5.91. The van der Waals surface area contributed by atoms with E-state index in [2.05, 4.69) is 12.2 Å². The molecule has 1 heterocycles. The van der Waals surface area contributed by atoms with Crippen LogP contribution < -0.4 is 5.32 Å². The predicted octanol–water partition coefficient (Wildman–Crippen LogP) is 1.19. The van der Waals surface area contributed by atoms with Gasteiger partial charge in [-0.15, -0.1) is 0 Å². The number of carbonyl (C=O) groups is 1. The highest BCUT2D eigenvalue weighted by Gasteiger charge is 2.20. The number of hydrogen-bond donors (Lipinski definition) is 1. The second kappa shape index (κ2) is 5.27. The number of benzene rings is 1. The van der Waals surface area contributed by atoms with Crippen LogP contribution in [0.25, 0.3) is 0 Å². The van der Waals surface area contributed by atoms with Gasteiger partial charge in [0.05, 0.1) is 6.42 Å². The van der Waals surface area contributed by atoms with Gasteiger partial charge in [-0.05, 0) is 24.6 Å². The number of amides is 1. The number of halogens is 1. The lowest BCUT2D eigenvalue weighted by atomic mass is 10.1. The van der Waals surface area contributed by atoms with Crippen molar-refractivity contribution < 1.29 is 9.18 Å². The van der Waals surface area contributed by atoms with Crippen LogP contribution in [0.1, 0.15) is 12.5 Å². The summed E-state index contributed by atoms with van der Waals surface area (Å²) in [5, 5.41) is 3.29. The van der Waals surface area contributed by atoms with Crippen molar-refractivity contribution in [3.63, 3.8) is 0 Å². The molecule has 4 heteroatoms. The fraction of sp³-hybridized carbons (Fsp3) is 0.462. The minimum Gasteiger partial charge on any atom is -0.340 e. The first-order chi connectivity index (χ1) is 8.15. The third-order valence-electron chi connectivity index (χ3n) is 2.97. The van der Waals surface area contributed by atoms with E-state index in [-0.39, 0.29) is 18.1 Å². The lowest BCUT2D eigenvalue weighted by Gasteiger charge is -2.32. The van der Waals surface area contributed by atoms with Crippen LogP contribution in [0, 0.1) is 5.82 Å². The van der Waals surface area contributed by atoms with Crippen molar-refractivity contribution in [2.24, 2.45) is 0 Å². The third kappa shape index (κ3) is 3.27. The Hall–Kier alpha value is -1.42. The van der Waals surface area contributed by atoms with Crippen LogP contribution in [0.5, 0.6) is 0 Å². The Morgan fingerprint density at radius 1 is 1.59 bits per heavy atom. The molecule has 0 saturated carbocycles. The summed E-state index contributed by atoms with van der Waals surface area (Å²) in [5.74, 6) is -0.215. The molecule has 17 heavy (non-hydrogen) atoms. The maximum Gasteiger partial charge on any atom is 0.227 e. The molecule has 0 unspecified atom stereocenters. The maximum absolute atomic E-state index is 13.0. The van der Waals surface area contributed by atoms with E-state index >= 15 is 0 Å². The molecule has 0 aliphatic carbocycles. The summed E-state index contributed by atoms with van der Waals surface area (Å²) in [6.07, 6.45) is 0.282. The molecule has 3 nitrogen and oxygen atoms in total. The number of piperazine rings is 1. The quantitative estimate of drug-likeness (QED) is 0.836. The van der Waals surface area contributed by atoms with Gasteiger partial charge < -0.3 is 10.2 Å². The maximum atomic E-state index is 13.0. The average Bonchev–Trinajstić information content (AvgIpc) is 2.29. The van der Waals surface area contributed by atoms with Gasteiger partial charge in [-0.25, -0.2) is 4.39 Å². The normalized spacial score (nSPS) is 20.4. The molecule has 1 aliphatic heterocycles. The minimum absolute atomic E-state index is 0.0731. The van der Waals surface area contributed by atoms with E-state index in [1.165, 1.54) is 12.1 Å². The van der Waals surface area contributed by atoms with Gasteiger partial charge in [0.2, 0.25) is 5.91 Å². The van der Waals surface area contributed by atoms with Gasteiger partial charge in [-0.2, -0.15) is 0 Å². The molecule has 92 valence electrons. The average molecular weight is 236 g/mol. The summed E-state index contributed by atoms with van der Waals surface area (Å²) in [4.78, 5) is 13.8. The van der Waals surface area contributed by atoms with Crippen molar-refractivity contribution in [2.45, 2.75) is 19.4 Å². The van der Waals surface area contributed by atoms with E-state index in [9.17, 15) is 9.18 Å². The molecule has 0 radical (unpaired) electrons. The fourth-order valence-corrected chi connectivity index (χ4v) is 2.09. The zero-order chi connectivity index (χ0) is 12.3. The number of rotatable bonds is 2. The van der Waals surface area contributed by atoms with Gasteiger partial charge in [0.25, 0.3) is 0 Å². The lowest BCUT2D eigenvalue weighted by Crippen LogP contribution is -2.51. The molecular weight excluding hydrogens is 219 g/mol. The third-order valence-corrected chi connectivity index (χ3v) is 2.97. The molecule has 1 fully saturated rings. The van der Waals surface area contributed by atoms with Gasteiger partial charge in [0.15, 0.2) is 0 Å². The van der Waals surface area contributed by atoms with Gasteiger partial charge in [-0.1, -0.05) is 12.1 Å². The Bertz CT molecular complexity index is 408. The summed E-state index contributed by atoms with van der Waals surface area (Å²) < 4.78 is 13.0. The van der Waals surface area contributed by atoms with Crippen LogP contribution in [0.4, 0.5) is 4.39 Å². The van der Waals surface area contributed by atoms with Crippen LogP contribution in [0.2, 0.25) is 0 Å². The van der Waals surface area contributed by atoms with E-state index in [1.54, 1.807) is 12.1 Å². The standard InChI is InChI=1S/C13H17FN2O/c1-10-9-16(6-5-15-10)13(17)8-11-3-2-4-12(14)7-11/h2-4,7,10,15H,5-6,8-9H2,1H3/t10-/m1/s1. The largest absolute Gasteiger partial charge is 0.340 e. The van der Waals surface area contributed by atoms with Gasteiger partial charge >= 0.3 is 0 Å². The first-order valence-electron chi connectivity index (χ1n) is 5.91. The molecule has 1 aromatic rings. The van der Waals surface area contributed by atoms with E-state index in [1.807, 2.05) is 4.90 Å². The monoisotopic (exact) mass is 236 g/mol. The van der Waals surface area contributed by atoms with Crippen molar-refractivity contribution in [1.29, 1.82) is 0 Å². The van der Waals surface area contributed by atoms with Crippen molar-refractivity contribution in [3.8, 4) is 0 Å². The minimum atomic E-state index is -0.288. The molecule has 1 aliphatic rings. The van der Waals surface area contributed by atoms with Crippen LogP contribution >= 0.6 is 0 Å². The summed E-state index contributed by atoms with van der Waals surface area (Å²) in [6, 6.07) is 6.57. The van der Waals surface area contributed by atoms with E-state index < -0.39 is 0 Å². The summed E-state index contributed by atoms with van der Waals surface area (Å²) in [5.41, 5.74) is 0.737. The summed E-state index contributed by atoms with van der Waals surface area (Å²) >= 11 is 0. The van der Waals surface area contributed by atoms with Crippen LogP contribution in [0.3, 0.4) is 0 Å². The highest BCUT2D eigenvalue weighted by atomic mass is 19.1. The molecule has 0 spiro atoms. The summed E-state index contributed by atoms with van der Waals surface area (Å²) in [7, 11) is 0. The molecule has 1 atom stereocenters. The molecule has 1 N–H and O–H groups in total. The van der Waals surface area contributed by atoms with Crippen molar-refractivity contribution in [1.82, 2.24) is 10.2 Å². The Labute approximate surface area is 101 Å². The molecule has 0 bridgehead atoms. The molecular formula is C13H17FN2O. The smallest absolute Gasteiger partial charge is 0.227 e. The molecule has 1 aromatic carbocycles. The second-order valence-electron chi connectivity index (χ2n) is 4.50. The topological polar surface area (TPSA) is 32.3 Å². The second-order valence-corrected chi connectivity index (χ2v) is 4.50. The SMILES string of the molecule is C[C@@H]1CN(C(=O)Cc2cccc(F)c2)CCN1. The van der Waals surface area contributed by atoms with Gasteiger partial charge in [0.1, 0.15) is 5.82 Å². The first kappa shape index (κ1) is 12.0. The number of hydrogen-bond acceptors (Lipinski definition) is 2. The van der Waals surface area contributed by atoms with E-state index in [0.717, 1.165) is 25.2 Å². The number of nitrogens with zero attached hydrogens (tertiary/aromatic N) is 1. The number of nitrogens with one attached hydrogen (secondary N) is 1. The molecule has 2 rings (SSSR count). The van der Waals surface area contributed by atoms with Crippen molar-refractivity contribution in [3.05, 3.63) is 35.6 Å². The van der Waals surface area contributed by atoms with Crippen molar-refractivity contribution >= 4 is 5.91 Å². The molecule has 1 amide bonds. The van der Waals surface area contributed by atoms with Crippen LogP contribution in [-0.4, -0.2) is 36.5 Å². The number of carbonyl (C=O) groups excluding carboxylic acids is 1. The Morgan fingerprint density at radius 2 is 2.41 bits per heavy atom. The van der Waals surface area contributed by atoms with E-state index in [0.29, 0.717) is 6.04 Å². The lowest BCUT2D eigenvalue weighted by molar-refractivity contribution is -0.131. The van der Waals surface area contributed by atoms with Gasteiger partial charge in [-0.3, -0.25) is 4.79 Å². The fourth-order valence-electron chi connectivity index (χ4n) is 2.09. The molecule has 0 aromatic heterocycles. The van der Waals surface area contributed by atoms with Gasteiger partial charge in [0, 0.05) is 25.7 Å². The molecule has 1 saturated heterocycles. The zero-order valence-electron chi connectivity index (χ0n) is 9.95. The highest BCUT2D eigenvalue weighted by molar-refractivity contribution is 5.78. The Kier molecular flexibility index (Phi) is 3.74. The van der Waals surface area contributed by atoms with Crippen LogP contribution in [0.15, 0.2) is 24.3 Å². The van der Waals surface area contributed by atoms with E-state index in [4.69, 9.17) is 0 Å².